The summed E-state index contributed by atoms with van der Waals surface area (Å²) >= 11 is 0. The van der Waals surface area contributed by atoms with Gasteiger partial charge in [0.15, 0.2) is 0 Å². The van der Waals surface area contributed by atoms with Crippen LogP contribution in [0, 0.1) is 0 Å². The molecule has 0 fully saturated rings. The summed E-state index contributed by atoms with van der Waals surface area (Å²) in [7, 11) is 0. The summed E-state index contributed by atoms with van der Waals surface area (Å²) in [4.78, 5) is 3.93. The lowest BCUT2D eigenvalue weighted by Crippen LogP contribution is -2.34. The van der Waals surface area contributed by atoms with Crippen LogP contribution in [0.25, 0.3) is 0 Å². The van der Waals surface area contributed by atoms with Gasteiger partial charge in [-0.05, 0) is 31.5 Å². The monoisotopic (exact) mass is 180 g/mol. The van der Waals surface area contributed by atoms with Crippen molar-refractivity contribution in [1.82, 2.24) is 10.3 Å². The summed E-state index contributed by atoms with van der Waals surface area (Å²) in [5.41, 5.74) is 0.534. The minimum Gasteiger partial charge on any atom is -0.389 e. The second-order valence-electron chi connectivity index (χ2n) is 3.77. The number of pyridine rings is 1. The Balaban J connectivity index is 2.29. The maximum atomic E-state index is 9.42. The molecule has 1 rings (SSSR count). The molecule has 0 spiro atoms. The normalized spacial score (nSPS) is 11.6. The predicted molar refractivity (Wildman–Crippen MR) is 52.2 cm³/mol. The average Bonchev–Trinajstić information content (AvgIpc) is 2.04. The van der Waals surface area contributed by atoms with Crippen LogP contribution >= 0.6 is 0 Å². The molecule has 0 bridgehead atoms. The number of hydrogen-bond acceptors (Lipinski definition) is 3. The van der Waals surface area contributed by atoms with Crippen molar-refractivity contribution in [3.05, 3.63) is 30.1 Å². The first-order chi connectivity index (χ1) is 6.08. The summed E-state index contributed by atoms with van der Waals surface area (Å²) in [6.45, 7) is 4.93. The van der Waals surface area contributed by atoms with Gasteiger partial charge >= 0.3 is 0 Å². The van der Waals surface area contributed by atoms with Crippen molar-refractivity contribution < 1.29 is 5.11 Å². The van der Waals surface area contributed by atoms with E-state index in [1.807, 2.05) is 12.1 Å². The molecule has 0 saturated heterocycles. The highest BCUT2D eigenvalue weighted by Gasteiger charge is 2.10. The Bertz CT molecular complexity index is 241. The fraction of sp³-hybridized carbons (Fsp3) is 0.500. The van der Waals surface area contributed by atoms with Gasteiger partial charge in [0.05, 0.1) is 5.60 Å². The molecule has 0 unspecified atom stereocenters. The molecule has 0 atom stereocenters. The third-order valence-electron chi connectivity index (χ3n) is 1.64. The minimum absolute atomic E-state index is 0.593. The van der Waals surface area contributed by atoms with E-state index in [4.69, 9.17) is 0 Å². The zero-order valence-corrected chi connectivity index (χ0v) is 8.12. The van der Waals surface area contributed by atoms with Gasteiger partial charge in [-0.15, -0.1) is 0 Å². The van der Waals surface area contributed by atoms with Crippen LogP contribution in [0.5, 0.6) is 0 Å². The minimum atomic E-state index is -0.646. The van der Waals surface area contributed by atoms with Gasteiger partial charge in [0.25, 0.3) is 0 Å². The van der Waals surface area contributed by atoms with Crippen LogP contribution < -0.4 is 5.32 Å². The van der Waals surface area contributed by atoms with Gasteiger partial charge in [0, 0.05) is 25.5 Å². The van der Waals surface area contributed by atoms with E-state index in [0.29, 0.717) is 6.54 Å². The molecular formula is C10H16N2O. The third kappa shape index (κ3) is 4.60. The Labute approximate surface area is 78.8 Å². The standard InChI is InChI=1S/C10H16N2O/c1-10(2,13)8-12-7-9-3-5-11-6-4-9/h3-6,12-13H,7-8H2,1-2H3. The predicted octanol–water partition coefficient (Wildman–Crippen LogP) is 0.942. The van der Waals surface area contributed by atoms with E-state index in [1.54, 1.807) is 26.2 Å². The fourth-order valence-electron chi connectivity index (χ4n) is 1.01. The third-order valence-corrected chi connectivity index (χ3v) is 1.64. The SMILES string of the molecule is CC(C)(O)CNCc1ccncc1. The quantitative estimate of drug-likeness (QED) is 0.725. The molecule has 0 radical (unpaired) electrons. The number of nitrogens with one attached hydrogen (secondary N) is 1. The van der Waals surface area contributed by atoms with Crippen LogP contribution in [0.15, 0.2) is 24.5 Å². The average molecular weight is 180 g/mol. The largest absolute Gasteiger partial charge is 0.389 e. The molecule has 3 nitrogen and oxygen atoms in total. The van der Waals surface area contributed by atoms with Crippen molar-refractivity contribution in [2.45, 2.75) is 26.0 Å². The first-order valence-corrected chi connectivity index (χ1v) is 4.40. The molecule has 1 aromatic heterocycles. The summed E-state index contributed by atoms with van der Waals surface area (Å²) in [6.07, 6.45) is 3.53. The second-order valence-corrected chi connectivity index (χ2v) is 3.77. The Hall–Kier alpha value is -0.930. The van der Waals surface area contributed by atoms with Crippen LogP contribution in [0.2, 0.25) is 0 Å². The Kier molecular flexibility index (Phi) is 3.39. The second kappa shape index (κ2) is 4.35. The molecule has 0 aromatic carbocycles. The van der Waals surface area contributed by atoms with Gasteiger partial charge in [-0.25, -0.2) is 0 Å². The highest BCUT2D eigenvalue weighted by molar-refractivity contribution is 5.09. The number of aliphatic hydroxyl groups is 1. The highest BCUT2D eigenvalue weighted by atomic mass is 16.3. The van der Waals surface area contributed by atoms with E-state index in [2.05, 4.69) is 10.3 Å². The van der Waals surface area contributed by atoms with E-state index >= 15 is 0 Å². The lowest BCUT2D eigenvalue weighted by molar-refractivity contribution is 0.0795. The molecule has 1 heterocycles. The van der Waals surface area contributed by atoms with E-state index in [1.165, 1.54) is 5.56 Å². The molecule has 0 saturated carbocycles. The van der Waals surface area contributed by atoms with Gasteiger partial charge < -0.3 is 10.4 Å². The van der Waals surface area contributed by atoms with E-state index < -0.39 is 5.60 Å². The van der Waals surface area contributed by atoms with Gasteiger partial charge in [-0.1, -0.05) is 0 Å². The number of hydrogen-bond donors (Lipinski definition) is 2. The molecule has 0 aliphatic carbocycles. The Morgan fingerprint density at radius 2 is 2.00 bits per heavy atom. The van der Waals surface area contributed by atoms with Crippen LogP contribution in [0.1, 0.15) is 19.4 Å². The smallest absolute Gasteiger partial charge is 0.0715 e. The Morgan fingerprint density at radius 3 is 2.54 bits per heavy atom. The van der Waals surface area contributed by atoms with E-state index in [-0.39, 0.29) is 0 Å². The first-order valence-electron chi connectivity index (χ1n) is 4.40. The van der Waals surface area contributed by atoms with Crippen molar-refractivity contribution in [3.63, 3.8) is 0 Å². The van der Waals surface area contributed by atoms with Crippen molar-refractivity contribution in [1.29, 1.82) is 0 Å². The zero-order valence-electron chi connectivity index (χ0n) is 8.12. The van der Waals surface area contributed by atoms with Crippen LogP contribution in [-0.4, -0.2) is 22.2 Å². The van der Waals surface area contributed by atoms with Crippen LogP contribution in [0.4, 0.5) is 0 Å². The zero-order chi connectivity index (χ0) is 9.73. The molecule has 2 N–H and O–H groups in total. The number of nitrogens with zero attached hydrogens (tertiary/aromatic N) is 1. The molecule has 3 heteroatoms. The summed E-state index contributed by atoms with van der Waals surface area (Å²) in [6, 6.07) is 3.91. The van der Waals surface area contributed by atoms with Crippen molar-refractivity contribution in [2.75, 3.05) is 6.54 Å². The molecule has 0 aliphatic rings. The van der Waals surface area contributed by atoms with E-state index in [0.717, 1.165) is 6.54 Å². The molecular weight excluding hydrogens is 164 g/mol. The molecule has 0 aliphatic heterocycles. The first kappa shape index (κ1) is 10.2. The van der Waals surface area contributed by atoms with E-state index in [9.17, 15) is 5.11 Å². The maximum absolute atomic E-state index is 9.42. The number of aromatic nitrogens is 1. The summed E-state index contributed by atoms with van der Waals surface area (Å²) in [5, 5.41) is 12.6. The lowest BCUT2D eigenvalue weighted by Gasteiger charge is -2.17. The van der Waals surface area contributed by atoms with Crippen LogP contribution in [0.3, 0.4) is 0 Å². The summed E-state index contributed by atoms with van der Waals surface area (Å²) in [5.74, 6) is 0. The molecule has 72 valence electrons. The summed E-state index contributed by atoms with van der Waals surface area (Å²) < 4.78 is 0. The molecule has 13 heavy (non-hydrogen) atoms. The van der Waals surface area contributed by atoms with Gasteiger partial charge in [0.2, 0.25) is 0 Å². The van der Waals surface area contributed by atoms with Crippen molar-refractivity contribution in [3.8, 4) is 0 Å². The number of rotatable bonds is 4. The van der Waals surface area contributed by atoms with Crippen LogP contribution in [-0.2, 0) is 6.54 Å². The van der Waals surface area contributed by atoms with Gasteiger partial charge in [0.1, 0.15) is 0 Å². The fourth-order valence-corrected chi connectivity index (χ4v) is 1.01. The molecule has 0 amide bonds. The van der Waals surface area contributed by atoms with Gasteiger partial charge in [-0.3, -0.25) is 4.98 Å². The Morgan fingerprint density at radius 1 is 1.38 bits per heavy atom. The molecule has 1 aromatic rings. The van der Waals surface area contributed by atoms with Crippen molar-refractivity contribution in [2.24, 2.45) is 0 Å². The van der Waals surface area contributed by atoms with Gasteiger partial charge in [-0.2, -0.15) is 0 Å². The van der Waals surface area contributed by atoms with Crippen molar-refractivity contribution >= 4 is 0 Å². The highest BCUT2D eigenvalue weighted by Crippen LogP contribution is 1.99. The topological polar surface area (TPSA) is 45.1 Å². The lowest BCUT2D eigenvalue weighted by atomic mass is 10.1. The maximum Gasteiger partial charge on any atom is 0.0715 e.